The highest BCUT2D eigenvalue weighted by molar-refractivity contribution is 9.10. The summed E-state index contributed by atoms with van der Waals surface area (Å²) in [5.74, 6) is 0. The first-order chi connectivity index (χ1) is 15.2. The van der Waals surface area contributed by atoms with Gasteiger partial charge in [-0.25, -0.2) is 0 Å². The number of rotatable bonds is 4. The van der Waals surface area contributed by atoms with Crippen LogP contribution in [-0.4, -0.2) is 0 Å². The lowest BCUT2D eigenvalue weighted by Crippen LogP contribution is -2.40. The van der Waals surface area contributed by atoms with Crippen LogP contribution in [0.1, 0.15) is 16.7 Å². The average molecular weight is 464 g/mol. The van der Waals surface area contributed by atoms with E-state index in [0.717, 1.165) is 4.47 Å². The van der Waals surface area contributed by atoms with Gasteiger partial charge in [-0.2, -0.15) is 0 Å². The Morgan fingerprint density at radius 3 is 1.90 bits per heavy atom. The summed E-state index contributed by atoms with van der Waals surface area (Å²) in [6.07, 6.45) is 6.54. The Labute approximate surface area is 191 Å². The fraction of sp³-hybridized carbons (Fsp3) is 0.0345. The first-order valence-electron chi connectivity index (χ1n) is 10.4. The normalized spacial score (nSPS) is 17.6. The van der Waals surface area contributed by atoms with Crippen molar-refractivity contribution in [2.75, 3.05) is 0 Å². The Morgan fingerprint density at radius 2 is 1.19 bits per heavy atom. The maximum absolute atomic E-state index is 3.67. The van der Waals surface area contributed by atoms with Crippen molar-refractivity contribution in [1.82, 2.24) is 5.32 Å². The highest BCUT2D eigenvalue weighted by Gasteiger charge is 2.33. The molecule has 1 N–H and O–H groups in total. The summed E-state index contributed by atoms with van der Waals surface area (Å²) in [6, 6.07) is 38.5. The summed E-state index contributed by atoms with van der Waals surface area (Å²) in [6.45, 7) is 0. The standard InChI is InChI=1S/C29H22BrN/c30-28-13-7-10-24(20-28)25-18-19-31-29(21-25,26-11-5-2-6-12-26)27-16-14-23(15-17-27)22-8-3-1-4-9-22/h1-21,31H. The zero-order valence-corrected chi connectivity index (χ0v) is 18.6. The minimum Gasteiger partial charge on any atom is -0.374 e. The first-order valence-corrected chi connectivity index (χ1v) is 11.2. The molecule has 0 saturated carbocycles. The molecule has 0 fully saturated rings. The van der Waals surface area contributed by atoms with Gasteiger partial charge in [0.25, 0.3) is 0 Å². The van der Waals surface area contributed by atoms with E-state index in [0.29, 0.717) is 0 Å². The highest BCUT2D eigenvalue weighted by Crippen LogP contribution is 2.38. The van der Waals surface area contributed by atoms with Crippen LogP contribution in [0.25, 0.3) is 16.7 Å². The minimum absolute atomic E-state index is 0.442. The zero-order chi connectivity index (χ0) is 21.1. The van der Waals surface area contributed by atoms with Gasteiger partial charge < -0.3 is 5.32 Å². The van der Waals surface area contributed by atoms with Crippen LogP contribution in [0.4, 0.5) is 0 Å². The van der Waals surface area contributed by atoms with Crippen molar-refractivity contribution in [3.8, 4) is 11.1 Å². The molecule has 0 amide bonds. The van der Waals surface area contributed by atoms with E-state index in [1.807, 2.05) is 0 Å². The number of nitrogens with one attached hydrogen (secondary N) is 1. The van der Waals surface area contributed by atoms with Gasteiger partial charge in [0.1, 0.15) is 5.54 Å². The van der Waals surface area contributed by atoms with Crippen molar-refractivity contribution in [2.24, 2.45) is 0 Å². The highest BCUT2D eigenvalue weighted by atomic mass is 79.9. The molecule has 1 unspecified atom stereocenters. The van der Waals surface area contributed by atoms with E-state index in [9.17, 15) is 0 Å². The molecule has 1 heterocycles. The predicted octanol–water partition coefficient (Wildman–Crippen LogP) is 7.56. The molecule has 1 nitrogen and oxygen atoms in total. The van der Waals surface area contributed by atoms with Crippen molar-refractivity contribution in [3.05, 3.63) is 149 Å². The van der Waals surface area contributed by atoms with Crippen molar-refractivity contribution in [3.63, 3.8) is 0 Å². The fourth-order valence-electron chi connectivity index (χ4n) is 4.19. The predicted molar refractivity (Wildman–Crippen MR) is 133 cm³/mol. The number of benzene rings is 4. The summed E-state index contributed by atoms with van der Waals surface area (Å²) >= 11 is 3.61. The molecule has 1 aliphatic rings. The van der Waals surface area contributed by atoms with E-state index in [1.165, 1.54) is 33.4 Å². The second-order valence-electron chi connectivity index (χ2n) is 7.71. The van der Waals surface area contributed by atoms with Crippen molar-refractivity contribution in [1.29, 1.82) is 0 Å². The third kappa shape index (κ3) is 3.87. The Hall–Kier alpha value is -3.36. The lowest BCUT2D eigenvalue weighted by molar-refractivity contribution is 0.569. The Morgan fingerprint density at radius 1 is 0.581 bits per heavy atom. The lowest BCUT2D eigenvalue weighted by atomic mass is 9.79. The SMILES string of the molecule is Brc1cccc(C2=CC(c3ccccc3)(c3ccc(-c4ccccc4)cc3)NC=C2)c1. The molecule has 1 atom stereocenters. The lowest BCUT2D eigenvalue weighted by Gasteiger charge is -2.36. The number of halogens is 1. The van der Waals surface area contributed by atoms with E-state index < -0.39 is 5.54 Å². The fourth-order valence-corrected chi connectivity index (χ4v) is 4.59. The molecule has 4 aromatic carbocycles. The molecule has 0 saturated heterocycles. The molecule has 0 radical (unpaired) electrons. The van der Waals surface area contributed by atoms with Gasteiger partial charge in [-0.1, -0.05) is 113 Å². The molecule has 0 spiro atoms. The smallest absolute Gasteiger partial charge is 0.107 e. The second kappa shape index (κ2) is 8.41. The molecule has 1 aliphatic heterocycles. The van der Waals surface area contributed by atoms with Gasteiger partial charge >= 0.3 is 0 Å². The van der Waals surface area contributed by atoms with Crippen LogP contribution in [-0.2, 0) is 5.54 Å². The van der Waals surface area contributed by atoms with Gasteiger partial charge in [0, 0.05) is 4.47 Å². The third-order valence-electron chi connectivity index (χ3n) is 5.78. The van der Waals surface area contributed by atoms with E-state index in [1.54, 1.807) is 0 Å². The monoisotopic (exact) mass is 463 g/mol. The van der Waals surface area contributed by atoms with Crippen molar-refractivity contribution >= 4 is 21.5 Å². The van der Waals surface area contributed by atoms with Crippen molar-refractivity contribution in [2.45, 2.75) is 5.54 Å². The van der Waals surface area contributed by atoms with E-state index >= 15 is 0 Å². The van der Waals surface area contributed by atoms with Crippen LogP contribution in [0, 0.1) is 0 Å². The number of hydrogen-bond donors (Lipinski definition) is 1. The number of hydrogen-bond acceptors (Lipinski definition) is 1. The topological polar surface area (TPSA) is 12.0 Å². The Kier molecular flexibility index (Phi) is 5.31. The first kappa shape index (κ1) is 19.6. The van der Waals surface area contributed by atoms with Gasteiger partial charge in [0.05, 0.1) is 0 Å². The van der Waals surface area contributed by atoms with Gasteiger partial charge in [-0.3, -0.25) is 0 Å². The molecule has 2 heteroatoms. The molecule has 150 valence electrons. The van der Waals surface area contributed by atoms with Crippen LogP contribution < -0.4 is 5.32 Å². The maximum Gasteiger partial charge on any atom is 0.107 e. The van der Waals surface area contributed by atoms with Crippen LogP contribution in [0.5, 0.6) is 0 Å². The Bertz CT molecular complexity index is 1240. The van der Waals surface area contributed by atoms with Gasteiger partial charge in [0.2, 0.25) is 0 Å². The molecule has 4 aromatic rings. The molecule has 5 rings (SSSR count). The van der Waals surface area contributed by atoms with Crippen LogP contribution in [0.3, 0.4) is 0 Å². The minimum atomic E-state index is -0.442. The van der Waals surface area contributed by atoms with Crippen LogP contribution >= 0.6 is 15.9 Å². The maximum atomic E-state index is 3.67. The van der Waals surface area contributed by atoms with E-state index in [4.69, 9.17) is 0 Å². The molecule has 0 bridgehead atoms. The van der Waals surface area contributed by atoms with E-state index in [2.05, 4.69) is 149 Å². The number of dihydropyridines is 1. The van der Waals surface area contributed by atoms with Crippen molar-refractivity contribution < 1.29 is 0 Å². The molecule has 31 heavy (non-hydrogen) atoms. The van der Waals surface area contributed by atoms with Gasteiger partial charge in [-0.15, -0.1) is 0 Å². The Balaban J connectivity index is 1.64. The van der Waals surface area contributed by atoms with Crippen LogP contribution in [0.2, 0.25) is 0 Å². The molecule has 0 aromatic heterocycles. The van der Waals surface area contributed by atoms with Gasteiger partial charge in [-0.05, 0) is 63.9 Å². The summed E-state index contributed by atoms with van der Waals surface area (Å²) in [5, 5.41) is 3.67. The molecular formula is C29H22BrN. The molecular weight excluding hydrogens is 442 g/mol. The average Bonchev–Trinajstić information content (AvgIpc) is 2.85. The third-order valence-corrected chi connectivity index (χ3v) is 6.27. The summed E-state index contributed by atoms with van der Waals surface area (Å²) in [7, 11) is 0. The van der Waals surface area contributed by atoms with Gasteiger partial charge in [0.15, 0.2) is 0 Å². The summed E-state index contributed by atoms with van der Waals surface area (Å²) in [4.78, 5) is 0. The van der Waals surface area contributed by atoms with Crippen LogP contribution in [0.15, 0.2) is 132 Å². The quantitative estimate of drug-likeness (QED) is 0.329. The number of allylic oxidation sites excluding steroid dienone is 2. The van der Waals surface area contributed by atoms with E-state index in [-0.39, 0.29) is 0 Å². The second-order valence-corrected chi connectivity index (χ2v) is 8.62. The zero-order valence-electron chi connectivity index (χ0n) is 17.0. The molecule has 0 aliphatic carbocycles. The summed E-state index contributed by atoms with van der Waals surface area (Å²) in [5.41, 5.74) is 6.79. The summed E-state index contributed by atoms with van der Waals surface area (Å²) < 4.78 is 1.08. The largest absolute Gasteiger partial charge is 0.374 e.